The molecule has 0 heterocycles. The van der Waals surface area contributed by atoms with Crippen molar-refractivity contribution in [2.45, 2.75) is 51.7 Å². The van der Waals surface area contributed by atoms with Crippen molar-refractivity contribution in [2.75, 3.05) is 0 Å². The number of hydrogen-bond donors (Lipinski definition) is 2. The maximum absolute atomic E-state index is 11.2. The topological polar surface area (TPSA) is 40.5 Å². The lowest BCUT2D eigenvalue weighted by Crippen LogP contribution is -2.51. The summed E-state index contributed by atoms with van der Waals surface area (Å²) >= 11 is 0. The summed E-state index contributed by atoms with van der Waals surface area (Å²) in [7, 11) is 0. The van der Waals surface area contributed by atoms with Crippen LogP contribution < -0.4 is 0 Å². The predicted molar refractivity (Wildman–Crippen MR) is 75.7 cm³/mol. The van der Waals surface area contributed by atoms with Crippen LogP contribution >= 0.6 is 0 Å². The number of rotatable bonds is 2. The normalized spacial score (nSPS) is 43.6. The van der Waals surface area contributed by atoms with Crippen LogP contribution in [0.5, 0.6) is 0 Å². The second-order valence-corrected chi connectivity index (χ2v) is 7.29. The monoisotopic (exact) mass is 260 g/mol. The van der Waals surface area contributed by atoms with Gasteiger partial charge in [0.05, 0.1) is 11.7 Å². The summed E-state index contributed by atoms with van der Waals surface area (Å²) in [4.78, 5) is 0. The molecule has 0 amide bonds. The Morgan fingerprint density at radius 3 is 2.32 bits per heavy atom. The Kier molecular flexibility index (Phi) is 2.65. The van der Waals surface area contributed by atoms with Crippen molar-refractivity contribution < 1.29 is 10.2 Å². The second kappa shape index (κ2) is 3.83. The van der Waals surface area contributed by atoms with Gasteiger partial charge in [0.1, 0.15) is 0 Å². The van der Waals surface area contributed by atoms with Crippen molar-refractivity contribution in [1.82, 2.24) is 0 Å². The van der Waals surface area contributed by atoms with E-state index in [9.17, 15) is 10.2 Å². The molecule has 2 bridgehead atoms. The van der Waals surface area contributed by atoms with E-state index in [1.165, 1.54) is 0 Å². The molecular weight excluding hydrogens is 236 g/mol. The van der Waals surface area contributed by atoms with Crippen LogP contribution in [0.4, 0.5) is 0 Å². The summed E-state index contributed by atoms with van der Waals surface area (Å²) in [5, 5.41) is 21.9. The van der Waals surface area contributed by atoms with Crippen molar-refractivity contribution in [1.29, 1.82) is 0 Å². The molecule has 2 heteroatoms. The van der Waals surface area contributed by atoms with Gasteiger partial charge in [0.15, 0.2) is 0 Å². The summed E-state index contributed by atoms with van der Waals surface area (Å²) in [6.07, 6.45) is 1.96. The molecule has 0 saturated heterocycles. The van der Waals surface area contributed by atoms with Gasteiger partial charge < -0.3 is 10.2 Å². The fourth-order valence-corrected chi connectivity index (χ4v) is 4.77. The molecule has 1 aromatic rings. The van der Waals surface area contributed by atoms with Crippen molar-refractivity contribution in [3.63, 3.8) is 0 Å². The van der Waals surface area contributed by atoms with Gasteiger partial charge in [-0.1, -0.05) is 51.1 Å². The molecule has 0 radical (unpaired) electrons. The van der Waals surface area contributed by atoms with Crippen LogP contribution in [0, 0.1) is 16.7 Å². The van der Waals surface area contributed by atoms with Crippen molar-refractivity contribution in [3.05, 3.63) is 35.9 Å². The number of fused-ring (bicyclic) bond motifs is 2. The highest BCUT2D eigenvalue weighted by molar-refractivity contribution is 5.26. The van der Waals surface area contributed by atoms with Gasteiger partial charge in [0, 0.05) is 11.8 Å². The summed E-state index contributed by atoms with van der Waals surface area (Å²) < 4.78 is 0. The van der Waals surface area contributed by atoms with Crippen molar-refractivity contribution in [2.24, 2.45) is 16.7 Å². The minimum atomic E-state index is -0.974. The fraction of sp³-hybridized carbons (Fsp3) is 0.647. The largest absolute Gasteiger partial charge is 0.390 e. The molecule has 1 unspecified atom stereocenters. The summed E-state index contributed by atoms with van der Waals surface area (Å²) in [6, 6.07) is 10.0. The van der Waals surface area contributed by atoms with E-state index in [0.717, 1.165) is 18.4 Å². The number of benzene rings is 1. The Morgan fingerprint density at radius 1 is 1.16 bits per heavy atom. The van der Waals surface area contributed by atoms with Gasteiger partial charge in [-0.25, -0.2) is 0 Å². The standard InChI is InChI=1S/C17H24O2/c1-15(2)13-9-10-16(15,3)14(18)17(13,19)11-12-7-5-4-6-8-12/h4-8,13-14,18-19H,9-11H2,1-3H3/t13-,14-,16?,17+/m1/s1. The van der Waals surface area contributed by atoms with Crippen LogP contribution in [-0.2, 0) is 6.42 Å². The molecule has 0 aromatic heterocycles. The molecule has 0 aliphatic heterocycles. The van der Waals surface area contributed by atoms with E-state index in [1.807, 2.05) is 30.3 Å². The van der Waals surface area contributed by atoms with Crippen molar-refractivity contribution >= 4 is 0 Å². The Labute approximate surface area is 115 Å². The molecule has 2 N–H and O–H groups in total. The molecule has 4 atom stereocenters. The lowest BCUT2D eigenvalue weighted by atomic mass is 9.70. The van der Waals surface area contributed by atoms with Crippen molar-refractivity contribution in [3.8, 4) is 0 Å². The number of aliphatic hydroxyl groups is 2. The maximum atomic E-state index is 11.2. The van der Waals surface area contributed by atoms with Gasteiger partial charge >= 0.3 is 0 Å². The third kappa shape index (κ3) is 1.50. The second-order valence-electron chi connectivity index (χ2n) is 7.29. The highest BCUT2D eigenvalue weighted by atomic mass is 16.3. The van der Waals surface area contributed by atoms with Gasteiger partial charge in [0.25, 0.3) is 0 Å². The average molecular weight is 260 g/mol. The Bertz CT molecular complexity index is 481. The summed E-state index contributed by atoms with van der Waals surface area (Å²) in [6.45, 7) is 6.55. The van der Waals surface area contributed by atoms with Gasteiger partial charge in [-0.05, 0) is 29.7 Å². The minimum Gasteiger partial charge on any atom is -0.390 e. The molecule has 19 heavy (non-hydrogen) atoms. The first-order valence-electron chi connectivity index (χ1n) is 7.27. The van der Waals surface area contributed by atoms with E-state index in [-0.39, 0.29) is 16.7 Å². The minimum absolute atomic E-state index is 0.00402. The van der Waals surface area contributed by atoms with Gasteiger partial charge in [-0.3, -0.25) is 0 Å². The third-order valence-electron chi connectivity index (χ3n) is 6.31. The molecule has 2 aliphatic rings. The summed E-state index contributed by atoms with van der Waals surface area (Å²) in [5.41, 5.74) is -0.0364. The first kappa shape index (κ1) is 13.1. The van der Waals surface area contributed by atoms with E-state index in [2.05, 4.69) is 20.8 Å². The van der Waals surface area contributed by atoms with E-state index in [0.29, 0.717) is 6.42 Å². The van der Waals surface area contributed by atoms with E-state index in [4.69, 9.17) is 0 Å². The van der Waals surface area contributed by atoms with Gasteiger partial charge in [-0.15, -0.1) is 0 Å². The molecule has 1 aromatic carbocycles. The number of hydrogen-bond acceptors (Lipinski definition) is 2. The van der Waals surface area contributed by atoms with Gasteiger partial charge in [0.2, 0.25) is 0 Å². The predicted octanol–water partition coefficient (Wildman–Crippen LogP) is 2.78. The van der Waals surface area contributed by atoms with E-state index < -0.39 is 11.7 Å². The average Bonchev–Trinajstić information content (AvgIpc) is 2.66. The molecule has 0 spiro atoms. The van der Waals surface area contributed by atoms with Crippen LogP contribution in [0.25, 0.3) is 0 Å². The molecule has 104 valence electrons. The zero-order chi connectivity index (χ0) is 13.9. The molecule has 3 rings (SSSR count). The summed E-state index contributed by atoms with van der Waals surface area (Å²) in [5.74, 6) is 0.181. The van der Waals surface area contributed by atoms with E-state index >= 15 is 0 Å². The maximum Gasteiger partial charge on any atom is 0.0984 e. The Morgan fingerprint density at radius 2 is 1.79 bits per heavy atom. The van der Waals surface area contributed by atoms with E-state index in [1.54, 1.807) is 0 Å². The number of aliphatic hydroxyl groups excluding tert-OH is 1. The quantitative estimate of drug-likeness (QED) is 0.858. The van der Waals surface area contributed by atoms with Crippen LogP contribution in [0.1, 0.15) is 39.2 Å². The lowest BCUT2D eigenvalue weighted by molar-refractivity contribution is -0.126. The first-order valence-corrected chi connectivity index (χ1v) is 7.27. The van der Waals surface area contributed by atoms with Crippen LogP contribution in [0.15, 0.2) is 30.3 Å². The smallest absolute Gasteiger partial charge is 0.0984 e. The van der Waals surface area contributed by atoms with Gasteiger partial charge in [-0.2, -0.15) is 0 Å². The molecular formula is C17H24O2. The van der Waals surface area contributed by atoms with Crippen LogP contribution in [-0.4, -0.2) is 21.9 Å². The molecule has 2 nitrogen and oxygen atoms in total. The Balaban J connectivity index is 1.98. The highest BCUT2D eigenvalue weighted by Crippen LogP contribution is 2.69. The molecule has 2 fully saturated rings. The third-order valence-corrected chi connectivity index (χ3v) is 6.31. The van der Waals surface area contributed by atoms with Crippen LogP contribution in [0.3, 0.4) is 0 Å². The molecule has 2 aliphatic carbocycles. The first-order chi connectivity index (χ1) is 8.82. The Hall–Kier alpha value is -0.860. The van der Waals surface area contributed by atoms with Crippen LogP contribution in [0.2, 0.25) is 0 Å². The fourth-order valence-electron chi connectivity index (χ4n) is 4.77. The molecule has 2 saturated carbocycles. The lowest BCUT2D eigenvalue weighted by Gasteiger charge is -2.40. The zero-order valence-electron chi connectivity index (χ0n) is 12.1. The zero-order valence-corrected chi connectivity index (χ0v) is 12.1. The highest BCUT2D eigenvalue weighted by Gasteiger charge is 2.71. The SMILES string of the molecule is CC1(C)[C@H]2CCC1(C)[C@@H](O)[C@]2(O)Cc1ccccc1.